The Morgan fingerprint density at radius 1 is 1.07 bits per heavy atom. The Bertz CT molecular complexity index is 1090. The van der Waals surface area contributed by atoms with E-state index in [1.165, 1.54) is 5.56 Å². The van der Waals surface area contributed by atoms with Gasteiger partial charge in [0.1, 0.15) is 5.75 Å². The maximum atomic E-state index is 6.32. The molecule has 2 heterocycles. The van der Waals surface area contributed by atoms with Crippen molar-refractivity contribution in [2.45, 2.75) is 20.3 Å². The Balaban J connectivity index is 1.66. The van der Waals surface area contributed by atoms with Crippen LogP contribution in [0, 0.1) is 0 Å². The lowest BCUT2D eigenvalue weighted by atomic mass is 10.1. The summed E-state index contributed by atoms with van der Waals surface area (Å²) in [6, 6.07) is 13.7. The van der Waals surface area contributed by atoms with Crippen molar-refractivity contribution >= 4 is 11.6 Å². The Morgan fingerprint density at radius 3 is 2.57 bits per heavy atom. The third kappa shape index (κ3) is 3.51. The summed E-state index contributed by atoms with van der Waals surface area (Å²) < 4.78 is 11.0. The van der Waals surface area contributed by atoms with Crippen molar-refractivity contribution in [3.63, 3.8) is 0 Å². The van der Waals surface area contributed by atoms with Crippen LogP contribution in [-0.4, -0.2) is 26.9 Å². The van der Waals surface area contributed by atoms with Crippen LogP contribution in [0.3, 0.4) is 0 Å². The zero-order valence-corrected chi connectivity index (χ0v) is 16.3. The van der Waals surface area contributed by atoms with Crippen LogP contribution in [0.4, 0.5) is 0 Å². The molecule has 2 aromatic heterocycles. The highest BCUT2D eigenvalue weighted by Gasteiger charge is 2.18. The molecule has 0 saturated carbocycles. The third-order valence-electron chi connectivity index (χ3n) is 4.44. The number of halogens is 1. The van der Waals surface area contributed by atoms with Gasteiger partial charge < -0.3 is 9.26 Å². The number of hydrogen-bond acceptors (Lipinski definition) is 5. The number of benzene rings is 2. The molecule has 4 aromatic rings. The Labute approximate surface area is 167 Å². The number of H-pyrrole nitrogens is 1. The molecule has 1 N–H and O–H groups in total. The van der Waals surface area contributed by atoms with Crippen LogP contribution in [0.5, 0.6) is 5.75 Å². The van der Waals surface area contributed by atoms with Crippen LogP contribution in [0.1, 0.15) is 19.4 Å². The first-order valence-corrected chi connectivity index (χ1v) is 9.46. The monoisotopic (exact) mass is 394 g/mol. The Hall–Kier alpha value is -3.12. The van der Waals surface area contributed by atoms with Crippen LogP contribution in [0.15, 0.2) is 53.2 Å². The maximum absolute atomic E-state index is 6.32. The van der Waals surface area contributed by atoms with Gasteiger partial charge in [0.15, 0.2) is 0 Å². The Morgan fingerprint density at radius 2 is 1.86 bits per heavy atom. The van der Waals surface area contributed by atoms with Gasteiger partial charge in [0.25, 0.3) is 5.89 Å². The predicted molar refractivity (Wildman–Crippen MR) is 108 cm³/mol. The summed E-state index contributed by atoms with van der Waals surface area (Å²) in [6.45, 7) is 4.59. The molecule has 0 atom stereocenters. The minimum atomic E-state index is 0.392. The van der Waals surface area contributed by atoms with Crippen molar-refractivity contribution in [3.05, 3.63) is 59.2 Å². The maximum Gasteiger partial charge on any atom is 0.262 e. The molecule has 0 aliphatic carbocycles. The van der Waals surface area contributed by atoms with E-state index in [0.29, 0.717) is 34.7 Å². The van der Waals surface area contributed by atoms with Gasteiger partial charge in [-0.15, -0.1) is 0 Å². The fraction of sp³-hybridized carbons (Fsp3) is 0.190. The molecular formula is C21H19ClN4O2. The molecule has 0 bridgehead atoms. The van der Waals surface area contributed by atoms with E-state index in [1.54, 1.807) is 6.20 Å². The van der Waals surface area contributed by atoms with Crippen molar-refractivity contribution < 1.29 is 9.26 Å². The average molecular weight is 395 g/mol. The van der Waals surface area contributed by atoms with Gasteiger partial charge in [0, 0.05) is 11.1 Å². The fourth-order valence-electron chi connectivity index (χ4n) is 2.94. The predicted octanol–water partition coefficient (Wildman–Crippen LogP) is 5.41. The van der Waals surface area contributed by atoms with Crippen molar-refractivity contribution in [2.75, 3.05) is 6.61 Å². The first kappa shape index (κ1) is 18.3. The molecule has 0 saturated heterocycles. The van der Waals surface area contributed by atoms with Gasteiger partial charge in [-0.3, -0.25) is 5.10 Å². The first-order valence-electron chi connectivity index (χ1n) is 9.09. The summed E-state index contributed by atoms with van der Waals surface area (Å²) in [5.74, 6) is 1.57. The molecule has 0 unspecified atom stereocenters. The van der Waals surface area contributed by atoms with Crippen molar-refractivity contribution in [1.29, 1.82) is 0 Å². The van der Waals surface area contributed by atoms with Crippen molar-refractivity contribution in [1.82, 2.24) is 20.3 Å². The molecule has 7 heteroatoms. The number of nitrogens with zero attached hydrogens (tertiary/aromatic N) is 3. The second kappa shape index (κ2) is 7.86. The van der Waals surface area contributed by atoms with Gasteiger partial charge in [-0.2, -0.15) is 10.1 Å². The fourth-order valence-corrected chi connectivity index (χ4v) is 3.17. The van der Waals surface area contributed by atoms with Gasteiger partial charge in [0.05, 0.1) is 29.1 Å². The van der Waals surface area contributed by atoms with Crippen LogP contribution in [-0.2, 0) is 6.42 Å². The number of rotatable bonds is 6. The highest BCUT2D eigenvalue weighted by Crippen LogP contribution is 2.34. The van der Waals surface area contributed by atoms with E-state index < -0.39 is 0 Å². The van der Waals surface area contributed by atoms with E-state index in [9.17, 15) is 0 Å². The van der Waals surface area contributed by atoms with Crippen LogP contribution < -0.4 is 4.74 Å². The molecule has 0 aliphatic heterocycles. The van der Waals surface area contributed by atoms with E-state index in [0.717, 1.165) is 23.2 Å². The third-order valence-corrected chi connectivity index (χ3v) is 4.73. The molecule has 6 nitrogen and oxygen atoms in total. The zero-order chi connectivity index (χ0) is 19.5. The minimum absolute atomic E-state index is 0.392. The quantitative estimate of drug-likeness (QED) is 0.473. The van der Waals surface area contributed by atoms with Crippen LogP contribution in [0.25, 0.3) is 34.1 Å². The zero-order valence-electron chi connectivity index (χ0n) is 15.6. The SMILES string of the molecule is CCOc1ccc(-c2[nH]ncc2-c2nc(-c3ccc(CC)cc3)no2)cc1Cl. The molecule has 0 aliphatic rings. The number of hydrogen-bond donors (Lipinski definition) is 1. The summed E-state index contributed by atoms with van der Waals surface area (Å²) in [6.07, 6.45) is 2.65. The molecular weight excluding hydrogens is 376 g/mol. The lowest BCUT2D eigenvalue weighted by Crippen LogP contribution is -1.92. The van der Waals surface area contributed by atoms with Gasteiger partial charge >= 0.3 is 0 Å². The highest BCUT2D eigenvalue weighted by molar-refractivity contribution is 6.32. The lowest BCUT2D eigenvalue weighted by molar-refractivity contribution is 0.340. The van der Waals surface area contributed by atoms with E-state index >= 15 is 0 Å². The van der Waals surface area contributed by atoms with Gasteiger partial charge in [-0.1, -0.05) is 47.9 Å². The molecule has 2 aromatic carbocycles. The summed E-state index contributed by atoms with van der Waals surface area (Å²) in [7, 11) is 0. The second-order valence-electron chi connectivity index (χ2n) is 6.21. The van der Waals surface area contributed by atoms with E-state index in [2.05, 4.69) is 39.4 Å². The van der Waals surface area contributed by atoms with E-state index in [1.807, 2.05) is 37.3 Å². The molecule has 0 spiro atoms. The van der Waals surface area contributed by atoms with Crippen LogP contribution in [0.2, 0.25) is 5.02 Å². The Kier molecular flexibility index (Phi) is 5.12. The minimum Gasteiger partial charge on any atom is -0.492 e. The first-order chi connectivity index (χ1) is 13.7. The highest BCUT2D eigenvalue weighted by atomic mass is 35.5. The molecule has 4 rings (SSSR count). The standard InChI is InChI=1S/C21H19ClN4O2/c1-3-13-5-7-14(8-6-13)20-24-21(28-26-20)16-12-23-25-19(16)15-9-10-18(27-4-2)17(22)11-15/h5-12H,3-4H2,1-2H3,(H,23,25). The van der Waals surface area contributed by atoms with Gasteiger partial charge in [0.2, 0.25) is 5.82 Å². The van der Waals surface area contributed by atoms with E-state index in [-0.39, 0.29) is 0 Å². The topological polar surface area (TPSA) is 76.8 Å². The number of aromatic amines is 1. The van der Waals surface area contributed by atoms with Crippen LogP contribution >= 0.6 is 11.6 Å². The molecule has 0 amide bonds. The van der Waals surface area contributed by atoms with Crippen molar-refractivity contribution in [3.8, 4) is 39.8 Å². The van der Waals surface area contributed by atoms with Gasteiger partial charge in [-0.05, 0) is 37.1 Å². The van der Waals surface area contributed by atoms with Crippen molar-refractivity contribution in [2.24, 2.45) is 0 Å². The summed E-state index contributed by atoms with van der Waals surface area (Å²) in [4.78, 5) is 4.54. The molecule has 0 radical (unpaired) electrons. The molecule has 0 fully saturated rings. The average Bonchev–Trinajstić information content (AvgIpc) is 3.39. The number of aryl methyl sites for hydroxylation is 1. The largest absolute Gasteiger partial charge is 0.492 e. The van der Waals surface area contributed by atoms with E-state index in [4.69, 9.17) is 20.9 Å². The van der Waals surface area contributed by atoms with Gasteiger partial charge in [-0.25, -0.2) is 0 Å². The summed E-state index contributed by atoms with van der Waals surface area (Å²) >= 11 is 6.32. The molecule has 28 heavy (non-hydrogen) atoms. The normalized spacial score (nSPS) is 11.0. The number of nitrogens with one attached hydrogen (secondary N) is 1. The molecule has 142 valence electrons. The number of ether oxygens (including phenoxy) is 1. The number of aromatic nitrogens is 4. The summed E-state index contributed by atoms with van der Waals surface area (Å²) in [5, 5.41) is 11.8. The summed E-state index contributed by atoms with van der Waals surface area (Å²) in [5.41, 5.74) is 4.48. The smallest absolute Gasteiger partial charge is 0.262 e. The second-order valence-corrected chi connectivity index (χ2v) is 6.62. The lowest BCUT2D eigenvalue weighted by Gasteiger charge is -2.07.